The smallest absolute Gasteiger partial charge is 0.237 e. The van der Waals surface area contributed by atoms with Gasteiger partial charge < -0.3 is 16.0 Å². The number of nitrogens with zero attached hydrogens (tertiary/aromatic N) is 1. The van der Waals surface area contributed by atoms with Crippen LogP contribution in [0.5, 0.6) is 0 Å². The van der Waals surface area contributed by atoms with Gasteiger partial charge in [0.25, 0.3) is 0 Å². The minimum Gasteiger partial charge on any atom is -0.354 e. The van der Waals surface area contributed by atoms with Crippen LogP contribution >= 0.6 is 0 Å². The van der Waals surface area contributed by atoms with Crippen molar-refractivity contribution < 1.29 is 9.59 Å². The molecule has 0 bridgehead atoms. The van der Waals surface area contributed by atoms with E-state index in [1.165, 1.54) is 12.8 Å². The lowest BCUT2D eigenvalue weighted by molar-refractivity contribution is -0.124. The summed E-state index contributed by atoms with van der Waals surface area (Å²) < 4.78 is 0. The van der Waals surface area contributed by atoms with Crippen LogP contribution in [0.15, 0.2) is 0 Å². The van der Waals surface area contributed by atoms with Crippen LogP contribution < -0.4 is 16.0 Å². The van der Waals surface area contributed by atoms with E-state index >= 15 is 0 Å². The summed E-state index contributed by atoms with van der Waals surface area (Å²) in [4.78, 5) is 26.5. The predicted octanol–water partition coefficient (Wildman–Crippen LogP) is 0.625. The molecule has 1 saturated carbocycles. The first-order chi connectivity index (χ1) is 11.7. The number of piperidine rings is 1. The quantitative estimate of drug-likeness (QED) is 0.665. The number of nitrogens with one attached hydrogen (secondary N) is 3. The first kappa shape index (κ1) is 17.7. The van der Waals surface area contributed by atoms with Crippen LogP contribution in [0.25, 0.3) is 0 Å². The number of carbonyl (C=O) groups is 2. The maximum absolute atomic E-state index is 12.2. The van der Waals surface area contributed by atoms with Crippen LogP contribution in [0.2, 0.25) is 0 Å². The lowest BCUT2D eigenvalue weighted by atomic mass is 9.97. The van der Waals surface area contributed by atoms with E-state index in [1.807, 2.05) is 0 Å². The highest BCUT2D eigenvalue weighted by Crippen LogP contribution is 2.18. The minimum atomic E-state index is 0.00174. The molecule has 0 aromatic rings. The van der Waals surface area contributed by atoms with Gasteiger partial charge in [0.15, 0.2) is 0 Å². The molecule has 2 amide bonds. The van der Waals surface area contributed by atoms with Gasteiger partial charge in [0.05, 0.1) is 12.6 Å². The Morgan fingerprint density at radius 3 is 2.62 bits per heavy atom. The van der Waals surface area contributed by atoms with Crippen molar-refractivity contribution in [3.05, 3.63) is 0 Å². The second-order valence-electron chi connectivity index (χ2n) is 7.69. The van der Waals surface area contributed by atoms with Crippen LogP contribution in [-0.4, -0.2) is 61.5 Å². The highest BCUT2D eigenvalue weighted by molar-refractivity contribution is 5.82. The van der Waals surface area contributed by atoms with E-state index in [1.54, 1.807) is 0 Å². The van der Waals surface area contributed by atoms with Crippen molar-refractivity contribution in [3.8, 4) is 0 Å². The monoisotopic (exact) mass is 336 g/mol. The molecule has 24 heavy (non-hydrogen) atoms. The first-order valence-electron chi connectivity index (χ1n) is 9.73. The SMILES string of the molecule is O=C(CN1CCCC(CNC(=O)C2CCCN2)C1)NC1CCCC1. The third kappa shape index (κ3) is 5.18. The predicted molar refractivity (Wildman–Crippen MR) is 93.6 cm³/mol. The summed E-state index contributed by atoms with van der Waals surface area (Å²) in [6.45, 7) is 4.09. The Labute approximate surface area is 145 Å². The second kappa shape index (κ2) is 8.81. The molecule has 2 unspecified atom stereocenters. The van der Waals surface area contributed by atoms with Crippen molar-refractivity contribution in [1.82, 2.24) is 20.9 Å². The van der Waals surface area contributed by atoms with E-state index in [4.69, 9.17) is 0 Å². The van der Waals surface area contributed by atoms with Gasteiger partial charge in [-0.2, -0.15) is 0 Å². The van der Waals surface area contributed by atoms with Crippen LogP contribution in [-0.2, 0) is 9.59 Å². The van der Waals surface area contributed by atoms with E-state index in [0.717, 1.165) is 64.7 Å². The Balaban J connectivity index is 1.35. The first-order valence-corrected chi connectivity index (χ1v) is 9.73. The second-order valence-corrected chi connectivity index (χ2v) is 7.69. The molecule has 2 aliphatic heterocycles. The molecule has 3 fully saturated rings. The van der Waals surface area contributed by atoms with E-state index in [-0.39, 0.29) is 17.9 Å². The van der Waals surface area contributed by atoms with Crippen molar-refractivity contribution in [1.29, 1.82) is 0 Å². The van der Waals surface area contributed by atoms with E-state index < -0.39 is 0 Å². The maximum atomic E-state index is 12.2. The third-order valence-corrected chi connectivity index (χ3v) is 5.63. The molecule has 0 radical (unpaired) electrons. The summed E-state index contributed by atoms with van der Waals surface area (Å²) in [5.41, 5.74) is 0. The molecule has 3 aliphatic rings. The molecule has 3 rings (SSSR count). The Kier molecular flexibility index (Phi) is 6.49. The number of hydrogen-bond donors (Lipinski definition) is 3. The van der Waals surface area contributed by atoms with E-state index in [9.17, 15) is 9.59 Å². The summed E-state index contributed by atoms with van der Waals surface area (Å²) in [6.07, 6.45) is 9.04. The van der Waals surface area contributed by atoms with Crippen LogP contribution in [0.1, 0.15) is 51.4 Å². The van der Waals surface area contributed by atoms with Gasteiger partial charge in [-0.15, -0.1) is 0 Å². The summed E-state index contributed by atoms with van der Waals surface area (Å²) in [6, 6.07) is 0.401. The molecule has 0 aromatic carbocycles. The number of rotatable bonds is 6. The molecule has 6 heteroatoms. The lowest BCUT2D eigenvalue weighted by Crippen LogP contribution is -2.48. The van der Waals surface area contributed by atoms with Gasteiger partial charge in [0.1, 0.15) is 0 Å². The lowest BCUT2D eigenvalue weighted by Gasteiger charge is -2.32. The van der Waals surface area contributed by atoms with Crippen molar-refractivity contribution >= 4 is 11.8 Å². The average molecular weight is 336 g/mol. The fourth-order valence-corrected chi connectivity index (χ4v) is 4.28. The van der Waals surface area contributed by atoms with Gasteiger partial charge in [0.2, 0.25) is 11.8 Å². The van der Waals surface area contributed by atoms with Crippen molar-refractivity contribution in [3.63, 3.8) is 0 Å². The zero-order valence-electron chi connectivity index (χ0n) is 14.7. The number of amides is 2. The highest BCUT2D eigenvalue weighted by atomic mass is 16.2. The third-order valence-electron chi connectivity index (χ3n) is 5.63. The molecule has 136 valence electrons. The standard InChI is InChI=1S/C18H32N4O2/c23-17(21-15-6-1-2-7-15)13-22-10-4-5-14(12-22)11-20-18(24)16-8-3-9-19-16/h14-16,19H,1-13H2,(H,20,24)(H,21,23). The molecule has 2 saturated heterocycles. The fraction of sp³-hybridized carbons (Fsp3) is 0.889. The van der Waals surface area contributed by atoms with Crippen molar-refractivity contribution in [2.75, 3.05) is 32.7 Å². The van der Waals surface area contributed by atoms with Crippen LogP contribution in [0.4, 0.5) is 0 Å². The number of carbonyl (C=O) groups excluding carboxylic acids is 2. The van der Waals surface area contributed by atoms with Crippen LogP contribution in [0, 0.1) is 5.92 Å². The maximum Gasteiger partial charge on any atom is 0.237 e. The summed E-state index contributed by atoms with van der Waals surface area (Å²) in [7, 11) is 0. The van der Waals surface area contributed by atoms with Crippen LogP contribution in [0.3, 0.4) is 0 Å². The molecular weight excluding hydrogens is 304 g/mol. The van der Waals surface area contributed by atoms with Crippen molar-refractivity contribution in [2.45, 2.75) is 63.5 Å². The molecule has 1 aliphatic carbocycles. The largest absolute Gasteiger partial charge is 0.354 e. The Morgan fingerprint density at radius 1 is 1.04 bits per heavy atom. The van der Waals surface area contributed by atoms with E-state index in [2.05, 4.69) is 20.9 Å². The molecule has 3 N–H and O–H groups in total. The molecule has 6 nitrogen and oxygen atoms in total. The highest BCUT2D eigenvalue weighted by Gasteiger charge is 2.26. The Bertz CT molecular complexity index is 431. The Morgan fingerprint density at radius 2 is 1.88 bits per heavy atom. The van der Waals surface area contributed by atoms with E-state index in [0.29, 0.717) is 18.5 Å². The molecule has 2 heterocycles. The fourth-order valence-electron chi connectivity index (χ4n) is 4.28. The minimum absolute atomic E-state index is 0.00174. The van der Waals surface area contributed by atoms with Gasteiger partial charge in [-0.1, -0.05) is 12.8 Å². The van der Waals surface area contributed by atoms with Gasteiger partial charge in [-0.3, -0.25) is 14.5 Å². The number of hydrogen-bond acceptors (Lipinski definition) is 4. The van der Waals surface area contributed by atoms with Gasteiger partial charge in [0, 0.05) is 19.1 Å². The normalized spacial score (nSPS) is 28.8. The Hall–Kier alpha value is -1.14. The molecular formula is C18H32N4O2. The van der Waals surface area contributed by atoms with Gasteiger partial charge in [-0.25, -0.2) is 0 Å². The summed E-state index contributed by atoms with van der Waals surface area (Å²) in [5, 5.41) is 9.51. The van der Waals surface area contributed by atoms with Crippen molar-refractivity contribution in [2.24, 2.45) is 5.92 Å². The molecule has 0 aromatic heterocycles. The molecule has 0 spiro atoms. The molecule has 2 atom stereocenters. The topological polar surface area (TPSA) is 73.5 Å². The average Bonchev–Trinajstić information content (AvgIpc) is 3.26. The zero-order valence-corrected chi connectivity index (χ0v) is 14.7. The summed E-state index contributed by atoms with van der Waals surface area (Å²) in [5.74, 6) is 0.772. The summed E-state index contributed by atoms with van der Waals surface area (Å²) >= 11 is 0. The van der Waals surface area contributed by atoms with Gasteiger partial charge in [-0.05, 0) is 57.5 Å². The number of likely N-dealkylation sites (tertiary alicyclic amines) is 1. The zero-order chi connectivity index (χ0) is 16.8. The van der Waals surface area contributed by atoms with Gasteiger partial charge >= 0.3 is 0 Å².